The molecule has 28 heavy (non-hydrogen) atoms. The van der Waals surface area contributed by atoms with Crippen molar-refractivity contribution < 1.29 is 14.3 Å². The van der Waals surface area contributed by atoms with Crippen LogP contribution in [0.3, 0.4) is 0 Å². The average molecular weight is 467 g/mol. The van der Waals surface area contributed by atoms with E-state index in [1.165, 1.54) is 16.8 Å². The summed E-state index contributed by atoms with van der Waals surface area (Å²) < 4.78 is 16.4. The Kier molecular flexibility index (Phi) is 5.50. The largest absolute Gasteiger partial charge is 0.504 e. The molecule has 0 atom stereocenters. The quantitative estimate of drug-likeness (QED) is 0.548. The molecule has 0 aliphatic carbocycles. The number of nitrogens with zero attached hydrogens (tertiary/aromatic N) is 2. The van der Waals surface area contributed by atoms with Crippen LogP contribution in [0, 0.1) is 5.82 Å². The summed E-state index contributed by atoms with van der Waals surface area (Å²) in [5, 5.41) is 18.3. The second kappa shape index (κ2) is 7.56. The molecule has 0 spiro atoms. The van der Waals surface area contributed by atoms with Crippen LogP contribution in [0.1, 0.15) is 31.3 Å². The number of hydrogen-bond acceptors (Lipinski definition) is 3. The highest BCUT2D eigenvalue weighted by atomic mass is 79.9. The van der Waals surface area contributed by atoms with E-state index >= 15 is 0 Å². The molecule has 0 aliphatic heterocycles. The lowest BCUT2D eigenvalue weighted by molar-refractivity contribution is 0.0911. The van der Waals surface area contributed by atoms with Gasteiger partial charge in [-0.25, -0.2) is 9.07 Å². The van der Waals surface area contributed by atoms with Gasteiger partial charge < -0.3 is 10.4 Å². The van der Waals surface area contributed by atoms with Crippen molar-refractivity contribution in [3.63, 3.8) is 0 Å². The molecular weight excluding hydrogens is 449 g/mol. The molecule has 0 fully saturated rings. The zero-order chi connectivity index (χ0) is 20.6. The molecule has 2 N–H and O–H groups in total. The molecule has 2 aromatic carbocycles. The lowest BCUT2D eigenvalue weighted by Gasteiger charge is -2.19. The first kappa shape index (κ1) is 20.4. The summed E-state index contributed by atoms with van der Waals surface area (Å²) in [6.07, 6.45) is 0. The van der Waals surface area contributed by atoms with Crippen molar-refractivity contribution in [1.82, 2.24) is 15.1 Å². The van der Waals surface area contributed by atoms with Crippen molar-refractivity contribution in [3.05, 3.63) is 63.5 Å². The predicted octanol–water partition coefficient (Wildman–Crippen LogP) is 5.33. The number of aromatic nitrogens is 2. The van der Waals surface area contributed by atoms with Gasteiger partial charge in [0.1, 0.15) is 17.2 Å². The van der Waals surface area contributed by atoms with Crippen molar-refractivity contribution in [2.45, 2.75) is 26.3 Å². The van der Waals surface area contributed by atoms with Crippen LogP contribution in [-0.4, -0.2) is 26.3 Å². The number of rotatable bonds is 3. The van der Waals surface area contributed by atoms with Gasteiger partial charge in [0.2, 0.25) is 0 Å². The van der Waals surface area contributed by atoms with Crippen molar-refractivity contribution in [1.29, 1.82) is 0 Å². The van der Waals surface area contributed by atoms with E-state index < -0.39 is 17.3 Å². The van der Waals surface area contributed by atoms with Crippen molar-refractivity contribution in [3.8, 4) is 22.7 Å². The number of carbonyl (C=O) groups is 1. The molecule has 5 nitrogen and oxygen atoms in total. The molecule has 0 saturated heterocycles. The standard InChI is InChI=1S/C20H18BrClFN3O2/c1-20(2,3)24-19(28)16-18(27)17(11-4-7-13(22)8-5-11)26(25-16)15-9-6-12(21)10-14(15)23/h4-10,27H,1-3H3,(H,24,28). The molecular formula is C20H18BrClFN3O2. The lowest BCUT2D eigenvalue weighted by atomic mass is 10.1. The van der Waals surface area contributed by atoms with Crippen molar-refractivity contribution in [2.75, 3.05) is 0 Å². The summed E-state index contributed by atoms with van der Waals surface area (Å²) in [5.74, 6) is -1.46. The fourth-order valence-electron chi connectivity index (χ4n) is 2.66. The predicted molar refractivity (Wildman–Crippen MR) is 111 cm³/mol. The van der Waals surface area contributed by atoms with Gasteiger partial charge in [-0.15, -0.1) is 0 Å². The first-order chi connectivity index (χ1) is 13.1. The molecule has 0 radical (unpaired) electrons. The van der Waals surface area contributed by atoms with Crippen molar-refractivity contribution in [2.24, 2.45) is 0 Å². The first-order valence-electron chi connectivity index (χ1n) is 8.42. The molecule has 1 amide bonds. The minimum Gasteiger partial charge on any atom is -0.504 e. The fraction of sp³-hybridized carbons (Fsp3) is 0.200. The number of amides is 1. The summed E-state index contributed by atoms with van der Waals surface area (Å²) in [6, 6.07) is 11.1. The molecule has 0 aliphatic rings. The van der Waals surface area contributed by atoms with Crippen LogP contribution < -0.4 is 5.32 Å². The maximum absolute atomic E-state index is 14.6. The van der Waals surface area contributed by atoms with Gasteiger partial charge in [0.25, 0.3) is 5.91 Å². The van der Waals surface area contributed by atoms with Crippen LogP contribution in [0.4, 0.5) is 4.39 Å². The highest BCUT2D eigenvalue weighted by Crippen LogP contribution is 2.36. The normalized spacial score (nSPS) is 11.5. The number of aromatic hydroxyl groups is 1. The molecule has 0 bridgehead atoms. The fourth-order valence-corrected chi connectivity index (χ4v) is 3.12. The SMILES string of the molecule is CC(C)(C)NC(=O)c1nn(-c2ccc(Br)cc2F)c(-c2ccc(Cl)cc2)c1O. The Bertz CT molecular complexity index is 1040. The monoisotopic (exact) mass is 465 g/mol. The zero-order valence-electron chi connectivity index (χ0n) is 15.4. The number of hydrogen-bond donors (Lipinski definition) is 2. The van der Waals surface area contributed by atoms with Crippen LogP contribution in [0.15, 0.2) is 46.9 Å². The van der Waals surface area contributed by atoms with Gasteiger partial charge in [-0.1, -0.05) is 39.7 Å². The van der Waals surface area contributed by atoms with E-state index in [9.17, 15) is 14.3 Å². The molecule has 3 aromatic rings. The first-order valence-corrected chi connectivity index (χ1v) is 9.60. The molecule has 8 heteroatoms. The van der Waals surface area contributed by atoms with E-state index in [-0.39, 0.29) is 22.8 Å². The third-order valence-corrected chi connectivity index (χ3v) is 4.56. The van der Waals surface area contributed by atoms with Crippen LogP contribution in [0.2, 0.25) is 5.02 Å². The van der Waals surface area contributed by atoms with Crippen LogP contribution in [0.5, 0.6) is 5.75 Å². The molecule has 0 unspecified atom stereocenters. The maximum Gasteiger partial charge on any atom is 0.276 e. The summed E-state index contributed by atoms with van der Waals surface area (Å²) in [4.78, 5) is 12.6. The van der Waals surface area contributed by atoms with Gasteiger partial charge in [0, 0.05) is 20.6 Å². The Hall–Kier alpha value is -2.38. The van der Waals surface area contributed by atoms with E-state index in [2.05, 4.69) is 26.3 Å². The molecule has 1 heterocycles. The van der Waals surface area contributed by atoms with E-state index in [1.807, 2.05) is 20.8 Å². The minimum atomic E-state index is -0.560. The number of halogens is 3. The number of carbonyl (C=O) groups excluding carboxylic acids is 1. The highest BCUT2D eigenvalue weighted by molar-refractivity contribution is 9.10. The van der Waals surface area contributed by atoms with Crippen molar-refractivity contribution >= 4 is 33.4 Å². The maximum atomic E-state index is 14.6. The van der Waals surface area contributed by atoms with E-state index in [4.69, 9.17) is 11.6 Å². The van der Waals surface area contributed by atoms with Gasteiger partial charge >= 0.3 is 0 Å². The summed E-state index contributed by atoms with van der Waals surface area (Å²) in [5.41, 5.74) is 0.0975. The van der Waals surface area contributed by atoms with E-state index in [0.29, 0.717) is 15.1 Å². The molecule has 146 valence electrons. The number of benzene rings is 2. The van der Waals surface area contributed by atoms with E-state index in [1.54, 1.807) is 30.3 Å². The molecule has 1 aromatic heterocycles. The summed E-state index contributed by atoms with van der Waals surface area (Å²) >= 11 is 9.17. The lowest BCUT2D eigenvalue weighted by Crippen LogP contribution is -2.40. The zero-order valence-corrected chi connectivity index (χ0v) is 17.8. The Balaban J connectivity index is 2.23. The van der Waals surface area contributed by atoms with Crippen LogP contribution in [-0.2, 0) is 0 Å². The topological polar surface area (TPSA) is 67.2 Å². The molecule has 0 saturated carbocycles. The van der Waals surface area contributed by atoms with E-state index in [0.717, 1.165) is 0 Å². The van der Waals surface area contributed by atoms with Crippen LogP contribution in [0.25, 0.3) is 16.9 Å². The Morgan fingerprint density at radius 2 is 1.86 bits per heavy atom. The van der Waals surface area contributed by atoms with Crippen LogP contribution >= 0.6 is 27.5 Å². The number of nitrogens with one attached hydrogen (secondary N) is 1. The smallest absolute Gasteiger partial charge is 0.276 e. The second-order valence-electron chi connectivity index (χ2n) is 7.26. The van der Waals surface area contributed by atoms with Gasteiger partial charge in [-0.05, 0) is 51.1 Å². The second-order valence-corrected chi connectivity index (χ2v) is 8.62. The third-order valence-electron chi connectivity index (χ3n) is 3.82. The van der Waals surface area contributed by atoms with Gasteiger partial charge in [-0.2, -0.15) is 5.10 Å². The van der Waals surface area contributed by atoms with Gasteiger partial charge in [0.05, 0.1) is 0 Å². The molecule has 3 rings (SSSR count). The highest BCUT2D eigenvalue weighted by Gasteiger charge is 2.27. The Morgan fingerprint density at radius 3 is 2.43 bits per heavy atom. The van der Waals surface area contributed by atoms with Gasteiger partial charge in [-0.3, -0.25) is 4.79 Å². The van der Waals surface area contributed by atoms with Gasteiger partial charge in [0.15, 0.2) is 11.4 Å². The minimum absolute atomic E-state index is 0.0956. The Labute approximate surface area is 175 Å². The third kappa shape index (κ3) is 4.20. The average Bonchev–Trinajstić information content (AvgIpc) is 2.91. The Morgan fingerprint density at radius 1 is 1.21 bits per heavy atom. The summed E-state index contributed by atoms with van der Waals surface area (Å²) in [6.45, 7) is 5.44. The summed E-state index contributed by atoms with van der Waals surface area (Å²) in [7, 11) is 0.